The molecule has 1 unspecified atom stereocenters. The van der Waals surface area contributed by atoms with Crippen LogP contribution in [0.25, 0.3) is 0 Å². The van der Waals surface area contributed by atoms with Gasteiger partial charge >= 0.3 is 5.97 Å². The van der Waals surface area contributed by atoms with Crippen molar-refractivity contribution in [2.45, 2.75) is 28.7 Å². The maximum Gasteiger partial charge on any atom is 0.358 e. The van der Waals surface area contributed by atoms with Gasteiger partial charge in [-0.1, -0.05) is 0 Å². The Bertz CT molecular complexity index is 591. The Labute approximate surface area is 126 Å². The molecule has 2 rings (SSSR count). The van der Waals surface area contributed by atoms with Gasteiger partial charge in [0.2, 0.25) is 0 Å². The average Bonchev–Trinajstić information content (AvgIpc) is 3.05. The zero-order valence-electron chi connectivity index (χ0n) is 11.2. The van der Waals surface area contributed by atoms with E-state index in [4.69, 9.17) is 0 Å². The first-order valence-electron chi connectivity index (χ1n) is 6.03. The van der Waals surface area contributed by atoms with E-state index in [9.17, 15) is 13.2 Å². The van der Waals surface area contributed by atoms with Gasteiger partial charge in [0.1, 0.15) is 0 Å². The molecule has 1 aliphatic heterocycles. The van der Waals surface area contributed by atoms with Crippen LogP contribution in [0, 0.1) is 0 Å². The highest BCUT2D eigenvalue weighted by atomic mass is 32.2. The molecule has 1 atom stereocenters. The maximum absolute atomic E-state index is 12.3. The smallest absolute Gasteiger partial charge is 0.358 e. The first-order chi connectivity index (χ1) is 9.38. The quantitative estimate of drug-likeness (QED) is 0.820. The Morgan fingerprint density at radius 1 is 1.60 bits per heavy atom. The van der Waals surface area contributed by atoms with E-state index in [1.807, 2.05) is 6.92 Å². The second-order valence-electron chi connectivity index (χ2n) is 4.71. The molecule has 1 N–H and O–H groups in total. The van der Waals surface area contributed by atoms with Crippen LogP contribution < -0.4 is 4.72 Å². The number of rotatable bonds is 5. The summed E-state index contributed by atoms with van der Waals surface area (Å²) < 4.78 is 31.5. The zero-order valence-corrected chi connectivity index (χ0v) is 13.7. The number of methoxy groups -OCH3 is 1. The van der Waals surface area contributed by atoms with Gasteiger partial charge in [0.15, 0.2) is 9.90 Å². The number of thioether (sulfide) groups is 1. The van der Waals surface area contributed by atoms with Gasteiger partial charge in [0.05, 0.1) is 12.6 Å². The highest BCUT2D eigenvalue weighted by Gasteiger charge is 2.33. The molecule has 1 aliphatic rings. The molecule has 0 bridgehead atoms. The minimum absolute atomic E-state index is 0.0802. The molecule has 1 aromatic rings. The molecule has 112 valence electrons. The fraction of sp³-hybridized carbons (Fsp3) is 0.636. The summed E-state index contributed by atoms with van der Waals surface area (Å²) in [6.07, 6.45) is 2.07. The van der Waals surface area contributed by atoms with Gasteiger partial charge < -0.3 is 4.74 Å². The van der Waals surface area contributed by atoms with Crippen molar-refractivity contribution in [3.05, 3.63) is 11.2 Å². The Morgan fingerprint density at radius 2 is 2.35 bits per heavy atom. The largest absolute Gasteiger partial charge is 0.464 e. The van der Waals surface area contributed by atoms with E-state index in [2.05, 4.69) is 14.4 Å². The first kappa shape index (κ1) is 15.7. The van der Waals surface area contributed by atoms with E-state index in [0.717, 1.165) is 29.9 Å². The van der Waals surface area contributed by atoms with Gasteiger partial charge in [0.25, 0.3) is 10.0 Å². The van der Waals surface area contributed by atoms with E-state index in [-0.39, 0.29) is 14.7 Å². The van der Waals surface area contributed by atoms with Crippen LogP contribution in [0.3, 0.4) is 0 Å². The number of nitrogens with zero attached hydrogens (tertiary/aromatic N) is 1. The van der Waals surface area contributed by atoms with Crippen LogP contribution in [-0.4, -0.2) is 43.5 Å². The normalized spacial score (nSPS) is 22.9. The fourth-order valence-electron chi connectivity index (χ4n) is 1.95. The third kappa shape index (κ3) is 3.33. The standard InChI is InChI=1S/C11H16N2O4S3/c1-11(4-3-5-19-11)6-13-20(15,16)10-8(9(14)17-2)12-7-18-10/h7,13H,3-6H2,1-2H3. The Kier molecular flexibility index (Phi) is 4.73. The van der Waals surface area contributed by atoms with Crippen molar-refractivity contribution < 1.29 is 17.9 Å². The second kappa shape index (κ2) is 6.00. The SMILES string of the molecule is COC(=O)c1ncsc1S(=O)(=O)NCC1(C)CCCS1. The highest BCUT2D eigenvalue weighted by Crippen LogP contribution is 2.37. The van der Waals surface area contributed by atoms with Crippen LogP contribution in [0.4, 0.5) is 0 Å². The lowest BCUT2D eigenvalue weighted by atomic mass is 10.1. The minimum Gasteiger partial charge on any atom is -0.464 e. The molecule has 2 heterocycles. The molecular weight excluding hydrogens is 320 g/mol. The number of carbonyl (C=O) groups is 1. The zero-order chi connectivity index (χ0) is 14.8. The number of esters is 1. The molecule has 9 heteroatoms. The molecule has 0 spiro atoms. The van der Waals surface area contributed by atoms with E-state index < -0.39 is 16.0 Å². The third-order valence-electron chi connectivity index (χ3n) is 3.09. The van der Waals surface area contributed by atoms with Crippen LogP contribution in [0.2, 0.25) is 0 Å². The molecule has 0 radical (unpaired) electrons. The highest BCUT2D eigenvalue weighted by molar-refractivity contribution is 8.01. The van der Waals surface area contributed by atoms with Crippen LogP contribution in [0.15, 0.2) is 9.72 Å². The summed E-state index contributed by atoms with van der Waals surface area (Å²) in [5.74, 6) is 0.305. The number of aromatic nitrogens is 1. The van der Waals surface area contributed by atoms with Crippen molar-refractivity contribution in [1.82, 2.24) is 9.71 Å². The number of carbonyl (C=O) groups excluding carboxylic acids is 1. The topological polar surface area (TPSA) is 85.4 Å². The lowest BCUT2D eigenvalue weighted by molar-refractivity contribution is 0.0590. The lowest BCUT2D eigenvalue weighted by Crippen LogP contribution is -2.36. The summed E-state index contributed by atoms with van der Waals surface area (Å²) in [5, 5.41) is 0. The Balaban J connectivity index is 2.14. The minimum atomic E-state index is -3.74. The van der Waals surface area contributed by atoms with Gasteiger partial charge in [-0.3, -0.25) is 0 Å². The summed E-state index contributed by atoms with van der Waals surface area (Å²) in [6.45, 7) is 2.39. The number of hydrogen-bond acceptors (Lipinski definition) is 7. The number of hydrogen-bond donors (Lipinski definition) is 1. The number of ether oxygens (including phenoxy) is 1. The van der Waals surface area contributed by atoms with Gasteiger partial charge in [-0.15, -0.1) is 11.3 Å². The van der Waals surface area contributed by atoms with Crippen molar-refractivity contribution in [2.24, 2.45) is 0 Å². The van der Waals surface area contributed by atoms with Crippen LogP contribution in [-0.2, 0) is 14.8 Å². The molecular formula is C11H16N2O4S3. The molecule has 0 aromatic carbocycles. The Hall–Kier alpha value is -0.640. The molecule has 0 aliphatic carbocycles. The monoisotopic (exact) mass is 336 g/mol. The van der Waals surface area contributed by atoms with Crippen molar-refractivity contribution >= 4 is 39.1 Å². The fourth-order valence-corrected chi connectivity index (χ4v) is 5.63. The molecule has 6 nitrogen and oxygen atoms in total. The molecule has 1 aromatic heterocycles. The van der Waals surface area contributed by atoms with E-state index in [1.54, 1.807) is 11.8 Å². The van der Waals surface area contributed by atoms with Crippen LogP contribution in [0.1, 0.15) is 30.3 Å². The summed E-state index contributed by atoms with van der Waals surface area (Å²) in [5.41, 5.74) is 1.17. The van der Waals surface area contributed by atoms with Gasteiger partial charge in [-0.25, -0.2) is 22.9 Å². The number of sulfonamides is 1. The second-order valence-corrected chi connectivity index (χ2v) is 9.21. The molecule has 0 amide bonds. The van der Waals surface area contributed by atoms with E-state index in [0.29, 0.717) is 6.54 Å². The summed E-state index contributed by atoms with van der Waals surface area (Å²) in [6, 6.07) is 0. The predicted octanol–water partition coefficient (Wildman–Crippen LogP) is 1.49. The van der Waals surface area contributed by atoms with Crippen LogP contribution >= 0.6 is 23.1 Å². The lowest BCUT2D eigenvalue weighted by Gasteiger charge is -2.22. The van der Waals surface area contributed by atoms with E-state index in [1.165, 1.54) is 12.6 Å². The Morgan fingerprint density at radius 3 is 2.95 bits per heavy atom. The van der Waals surface area contributed by atoms with Crippen molar-refractivity contribution in [2.75, 3.05) is 19.4 Å². The summed E-state index contributed by atoms with van der Waals surface area (Å²) in [4.78, 5) is 15.3. The van der Waals surface area contributed by atoms with Crippen molar-refractivity contribution in [1.29, 1.82) is 0 Å². The first-order valence-corrected chi connectivity index (χ1v) is 9.38. The maximum atomic E-state index is 12.3. The van der Waals surface area contributed by atoms with Crippen molar-refractivity contribution in [3.8, 4) is 0 Å². The molecule has 20 heavy (non-hydrogen) atoms. The average molecular weight is 336 g/mol. The predicted molar refractivity (Wildman–Crippen MR) is 78.7 cm³/mol. The van der Waals surface area contributed by atoms with Gasteiger partial charge in [0, 0.05) is 11.3 Å². The number of nitrogens with one attached hydrogen (secondary N) is 1. The van der Waals surface area contributed by atoms with Crippen molar-refractivity contribution in [3.63, 3.8) is 0 Å². The van der Waals surface area contributed by atoms with Crippen LogP contribution in [0.5, 0.6) is 0 Å². The molecule has 0 saturated carbocycles. The van der Waals surface area contributed by atoms with Gasteiger partial charge in [-0.05, 0) is 25.5 Å². The summed E-state index contributed by atoms with van der Waals surface area (Å²) >= 11 is 2.68. The molecule has 1 fully saturated rings. The van der Waals surface area contributed by atoms with Gasteiger partial charge in [-0.2, -0.15) is 11.8 Å². The summed E-state index contributed by atoms with van der Waals surface area (Å²) in [7, 11) is -2.54. The molecule has 1 saturated heterocycles. The van der Waals surface area contributed by atoms with E-state index >= 15 is 0 Å². The number of thiazole rings is 1. The third-order valence-corrected chi connectivity index (χ3v) is 7.40.